The van der Waals surface area contributed by atoms with Gasteiger partial charge in [-0.15, -0.1) is 0 Å². The summed E-state index contributed by atoms with van der Waals surface area (Å²) >= 11 is 0. The van der Waals surface area contributed by atoms with Gasteiger partial charge in [0.15, 0.2) is 11.5 Å². The maximum absolute atomic E-state index is 6.54. The molecule has 0 bridgehead atoms. The van der Waals surface area contributed by atoms with E-state index in [1.807, 2.05) is 24.3 Å². The number of nitrogens with zero attached hydrogens (tertiary/aromatic N) is 1. The van der Waals surface area contributed by atoms with Gasteiger partial charge in [-0.25, -0.2) is 0 Å². The number of rotatable bonds is 15. The number of nitrogens with one attached hydrogen (secondary N) is 1. The number of benzene rings is 3. The molecule has 8 heteroatoms. The summed E-state index contributed by atoms with van der Waals surface area (Å²) in [5.41, 5.74) is 3.61. The van der Waals surface area contributed by atoms with Gasteiger partial charge in [-0.3, -0.25) is 0 Å². The summed E-state index contributed by atoms with van der Waals surface area (Å²) in [6, 6.07) is 22.6. The highest BCUT2D eigenvalue weighted by atomic mass is 16.5. The Labute approximate surface area is 249 Å². The molecular formula is C34H44N2O6. The van der Waals surface area contributed by atoms with Gasteiger partial charge in [0.05, 0.1) is 45.3 Å². The molecule has 2 aliphatic rings. The van der Waals surface area contributed by atoms with Crippen molar-refractivity contribution in [3.8, 4) is 23.0 Å². The first-order chi connectivity index (χ1) is 20.7. The molecule has 0 spiro atoms. The summed E-state index contributed by atoms with van der Waals surface area (Å²) in [5.74, 6) is 3.65. The maximum Gasteiger partial charge on any atom is 0.161 e. The third-order valence-corrected chi connectivity index (χ3v) is 7.84. The van der Waals surface area contributed by atoms with Crippen LogP contribution in [0, 0.1) is 0 Å². The SMILES string of the molecule is COCCCN1CCOc2ccc(CO[C@H]3CNCC[C@@H]3c3ccc(OCCCOc4ccccc4OC)cc3)cc21. The number of fused-ring (bicyclic) bond motifs is 1. The average Bonchev–Trinajstić information content (AvgIpc) is 3.04. The fourth-order valence-corrected chi connectivity index (χ4v) is 5.61. The molecule has 3 aromatic rings. The van der Waals surface area contributed by atoms with E-state index >= 15 is 0 Å². The molecule has 1 N–H and O–H groups in total. The Morgan fingerprint density at radius 3 is 2.57 bits per heavy atom. The van der Waals surface area contributed by atoms with Crippen LogP contribution in [0.2, 0.25) is 0 Å². The van der Waals surface area contributed by atoms with Gasteiger partial charge in [0.2, 0.25) is 0 Å². The van der Waals surface area contributed by atoms with E-state index in [4.69, 9.17) is 28.4 Å². The summed E-state index contributed by atoms with van der Waals surface area (Å²) in [4.78, 5) is 2.39. The number of anilines is 1. The first-order valence-corrected chi connectivity index (χ1v) is 15.1. The van der Waals surface area contributed by atoms with Crippen molar-refractivity contribution < 1.29 is 28.4 Å². The van der Waals surface area contributed by atoms with Gasteiger partial charge in [-0.05, 0) is 66.9 Å². The molecule has 42 heavy (non-hydrogen) atoms. The van der Waals surface area contributed by atoms with Gasteiger partial charge in [0.25, 0.3) is 0 Å². The zero-order valence-corrected chi connectivity index (χ0v) is 24.9. The van der Waals surface area contributed by atoms with Crippen LogP contribution >= 0.6 is 0 Å². The molecule has 8 nitrogen and oxygen atoms in total. The highest BCUT2D eigenvalue weighted by Gasteiger charge is 2.27. The molecule has 2 atom stereocenters. The lowest BCUT2D eigenvalue weighted by molar-refractivity contribution is 0.0106. The van der Waals surface area contributed by atoms with Crippen LogP contribution in [0.1, 0.15) is 36.3 Å². The lowest BCUT2D eigenvalue weighted by atomic mass is 9.87. The van der Waals surface area contributed by atoms with Crippen molar-refractivity contribution in [1.82, 2.24) is 5.32 Å². The fraction of sp³-hybridized carbons (Fsp3) is 0.471. The molecule has 226 valence electrons. The molecular weight excluding hydrogens is 532 g/mol. The van der Waals surface area contributed by atoms with Crippen LogP contribution in [-0.4, -0.2) is 72.9 Å². The minimum Gasteiger partial charge on any atom is -0.493 e. The normalized spacial score (nSPS) is 18.2. The average molecular weight is 577 g/mol. The lowest BCUT2D eigenvalue weighted by Crippen LogP contribution is -2.41. The summed E-state index contributed by atoms with van der Waals surface area (Å²) in [6.07, 6.45) is 2.91. The highest BCUT2D eigenvalue weighted by molar-refractivity contribution is 5.61. The molecule has 0 aliphatic carbocycles. The zero-order valence-electron chi connectivity index (χ0n) is 24.9. The van der Waals surface area contributed by atoms with Crippen molar-refractivity contribution in [1.29, 1.82) is 0 Å². The molecule has 1 fully saturated rings. The maximum atomic E-state index is 6.54. The Kier molecular flexibility index (Phi) is 11.2. The molecule has 1 saturated heterocycles. The van der Waals surface area contributed by atoms with Gasteiger partial charge in [-0.2, -0.15) is 0 Å². The van der Waals surface area contributed by atoms with Crippen molar-refractivity contribution in [3.05, 3.63) is 77.9 Å². The van der Waals surface area contributed by atoms with Crippen molar-refractivity contribution in [2.45, 2.75) is 37.9 Å². The van der Waals surface area contributed by atoms with E-state index in [-0.39, 0.29) is 6.10 Å². The Balaban J connectivity index is 1.11. The Bertz CT molecular complexity index is 1240. The van der Waals surface area contributed by atoms with E-state index in [1.54, 1.807) is 14.2 Å². The topological polar surface area (TPSA) is 70.7 Å². The molecule has 0 saturated carbocycles. The molecule has 3 aromatic carbocycles. The second-order valence-corrected chi connectivity index (χ2v) is 10.7. The van der Waals surface area contributed by atoms with Crippen LogP contribution in [-0.2, 0) is 16.1 Å². The summed E-state index contributed by atoms with van der Waals surface area (Å²) in [5, 5.41) is 3.52. The molecule has 0 radical (unpaired) electrons. The van der Waals surface area contributed by atoms with Crippen LogP contribution in [0.4, 0.5) is 5.69 Å². The van der Waals surface area contributed by atoms with E-state index in [0.717, 1.165) is 80.7 Å². The zero-order chi connectivity index (χ0) is 29.0. The third-order valence-electron chi connectivity index (χ3n) is 7.84. The van der Waals surface area contributed by atoms with Gasteiger partial charge in [-0.1, -0.05) is 30.3 Å². The lowest BCUT2D eigenvalue weighted by Gasteiger charge is -2.33. The second-order valence-electron chi connectivity index (χ2n) is 10.7. The van der Waals surface area contributed by atoms with Gasteiger partial charge in [0, 0.05) is 39.1 Å². The predicted molar refractivity (Wildman–Crippen MR) is 164 cm³/mol. The van der Waals surface area contributed by atoms with Gasteiger partial charge >= 0.3 is 0 Å². The first kappa shape index (κ1) is 30.0. The van der Waals surface area contributed by atoms with E-state index in [9.17, 15) is 0 Å². The van der Waals surface area contributed by atoms with Crippen LogP contribution in [0.5, 0.6) is 23.0 Å². The number of hydrogen-bond donors (Lipinski definition) is 1. The highest BCUT2D eigenvalue weighted by Crippen LogP contribution is 2.34. The number of hydrogen-bond acceptors (Lipinski definition) is 8. The number of methoxy groups -OCH3 is 2. The first-order valence-electron chi connectivity index (χ1n) is 15.1. The van der Waals surface area contributed by atoms with Crippen molar-refractivity contribution in [3.63, 3.8) is 0 Å². The van der Waals surface area contributed by atoms with E-state index in [0.29, 0.717) is 32.3 Å². The third kappa shape index (κ3) is 8.09. The van der Waals surface area contributed by atoms with Crippen LogP contribution in [0.25, 0.3) is 0 Å². The summed E-state index contributed by atoms with van der Waals surface area (Å²) < 4.78 is 34.9. The largest absolute Gasteiger partial charge is 0.493 e. The summed E-state index contributed by atoms with van der Waals surface area (Å²) in [6.45, 7) is 6.88. The smallest absolute Gasteiger partial charge is 0.161 e. The predicted octanol–water partition coefficient (Wildman–Crippen LogP) is 5.44. The monoisotopic (exact) mass is 576 g/mol. The molecule has 0 amide bonds. The second kappa shape index (κ2) is 15.7. The number of ether oxygens (including phenoxy) is 6. The quantitative estimate of drug-likeness (QED) is 0.240. The van der Waals surface area contributed by atoms with Gasteiger partial charge < -0.3 is 38.6 Å². The van der Waals surface area contributed by atoms with E-state index in [2.05, 4.69) is 52.7 Å². The Morgan fingerprint density at radius 1 is 0.905 bits per heavy atom. The minimum atomic E-state index is 0.0998. The fourth-order valence-electron chi connectivity index (χ4n) is 5.61. The number of piperidine rings is 1. The van der Waals surface area contributed by atoms with E-state index < -0.39 is 0 Å². The van der Waals surface area contributed by atoms with Crippen molar-refractivity contribution in [2.24, 2.45) is 0 Å². The molecule has 2 heterocycles. The number of para-hydroxylation sites is 2. The molecule has 2 aliphatic heterocycles. The Morgan fingerprint density at radius 2 is 1.74 bits per heavy atom. The molecule has 0 unspecified atom stereocenters. The summed E-state index contributed by atoms with van der Waals surface area (Å²) in [7, 11) is 3.40. The van der Waals surface area contributed by atoms with Crippen molar-refractivity contribution in [2.75, 3.05) is 71.7 Å². The van der Waals surface area contributed by atoms with Crippen LogP contribution < -0.4 is 29.2 Å². The Hall–Kier alpha value is -3.46. The van der Waals surface area contributed by atoms with E-state index in [1.165, 1.54) is 11.1 Å². The minimum absolute atomic E-state index is 0.0998. The molecule has 5 rings (SSSR count). The molecule has 0 aromatic heterocycles. The van der Waals surface area contributed by atoms with Crippen LogP contribution in [0.15, 0.2) is 66.7 Å². The van der Waals surface area contributed by atoms with Gasteiger partial charge in [0.1, 0.15) is 18.1 Å². The standard InChI is InChI=1S/C34H44N2O6/c1-37-19-5-17-36-18-22-41-31-14-9-26(23-30(31)36)25-42-34-24-35-16-15-29(34)27-10-12-28(13-11-27)39-20-6-21-40-33-8-4-3-7-32(33)38-2/h3-4,7-14,23,29,34-35H,5-6,15-22,24-25H2,1-2H3/t29-,34+/m1/s1. The van der Waals surface area contributed by atoms with Crippen LogP contribution in [0.3, 0.4) is 0 Å². The van der Waals surface area contributed by atoms with Crippen molar-refractivity contribution >= 4 is 5.69 Å².